The lowest BCUT2D eigenvalue weighted by molar-refractivity contribution is -0.220. The van der Waals surface area contributed by atoms with Crippen molar-refractivity contribution in [2.24, 2.45) is 0 Å². The van der Waals surface area contributed by atoms with Gasteiger partial charge in [-0.05, 0) is 12.8 Å². The zero-order chi connectivity index (χ0) is 35.8. The molecule has 0 aromatic carbocycles. The first-order valence-electron chi connectivity index (χ1n) is 19.0. The molecule has 6 unspecified atom stereocenters. The van der Waals surface area contributed by atoms with E-state index >= 15 is 0 Å². The molecule has 13 heteroatoms. The Hall–Kier alpha value is -0.660. The van der Waals surface area contributed by atoms with Gasteiger partial charge >= 0.3 is 7.82 Å². The largest absolute Gasteiger partial charge is 0.472 e. The van der Waals surface area contributed by atoms with Crippen LogP contribution < -0.4 is 5.32 Å². The van der Waals surface area contributed by atoms with E-state index in [1.807, 2.05) is 0 Å². The third-order valence-corrected chi connectivity index (χ3v) is 10.4. The Balaban J connectivity index is 2.57. The van der Waals surface area contributed by atoms with Gasteiger partial charge in [0.25, 0.3) is 0 Å². The Bertz CT molecular complexity index is 837. The summed E-state index contributed by atoms with van der Waals surface area (Å²) in [6.07, 6.45) is 11.6. The minimum Gasteiger partial charge on any atom is -0.391 e. The van der Waals surface area contributed by atoms with Gasteiger partial charge in [-0.25, -0.2) is 4.57 Å². The number of amides is 1. The third-order valence-electron chi connectivity index (χ3n) is 9.42. The van der Waals surface area contributed by atoms with Gasteiger partial charge in [-0.3, -0.25) is 13.8 Å². The van der Waals surface area contributed by atoms with E-state index in [2.05, 4.69) is 19.2 Å². The second-order valence-corrected chi connectivity index (χ2v) is 15.2. The number of hydrogen-bond donors (Lipinski definition) is 8. The topological polar surface area (TPSA) is 206 Å². The fourth-order valence-corrected chi connectivity index (χ4v) is 7.17. The van der Waals surface area contributed by atoms with Crippen LogP contribution in [0.15, 0.2) is 0 Å². The molecule has 0 spiro atoms. The summed E-state index contributed by atoms with van der Waals surface area (Å²) in [5.41, 5.74) is 0. The highest BCUT2D eigenvalue weighted by Gasteiger charge is 2.51. The lowest BCUT2D eigenvalue weighted by Crippen LogP contribution is -2.64. The van der Waals surface area contributed by atoms with Crippen molar-refractivity contribution in [3.8, 4) is 0 Å². The van der Waals surface area contributed by atoms with E-state index < -0.39 is 63.2 Å². The highest BCUT2D eigenvalue weighted by Crippen LogP contribution is 2.47. The van der Waals surface area contributed by atoms with Gasteiger partial charge in [-0.2, -0.15) is 0 Å². The number of aliphatic hydroxyl groups is 6. The maximum Gasteiger partial charge on any atom is 0.472 e. The molecule has 12 nitrogen and oxygen atoms in total. The number of carbonyl (C=O) groups excluding carboxylic acids is 1. The monoisotopic (exact) mass is 711 g/mol. The third kappa shape index (κ3) is 19.7. The summed E-state index contributed by atoms with van der Waals surface area (Å²) in [6.45, 7) is 3.81. The SMILES string of the molecule is CCCCCCCCCCCCCCC(=O)N[C@@H](COP(=O)(O)OC1C(O)C(O)C(O)[C@@H](O)C1O)[C@H](O)CCCCCCCCCCC. The number of unbranched alkanes of at least 4 members (excludes halogenated alkanes) is 19. The van der Waals surface area contributed by atoms with Crippen molar-refractivity contribution >= 4 is 13.7 Å². The molecule has 0 aromatic heterocycles. The Labute approximate surface area is 289 Å². The Morgan fingerprint density at radius 3 is 1.44 bits per heavy atom. The second kappa shape index (κ2) is 27.1. The van der Waals surface area contributed by atoms with Crippen LogP contribution in [0, 0.1) is 0 Å². The molecular weight excluding hydrogens is 641 g/mol. The fourth-order valence-electron chi connectivity index (χ4n) is 6.20. The smallest absolute Gasteiger partial charge is 0.391 e. The van der Waals surface area contributed by atoms with E-state index in [1.54, 1.807) is 0 Å². The van der Waals surface area contributed by atoms with Gasteiger partial charge in [0.05, 0.1) is 18.8 Å². The van der Waals surface area contributed by atoms with Gasteiger partial charge < -0.3 is 40.8 Å². The van der Waals surface area contributed by atoms with Crippen LogP contribution in [-0.4, -0.2) is 96.8 Å². The Kier molecular flexibility index (Phi) is 25.6. The van der Waals surface area contributed by atoms with E-state index in [-0.39, 0.29) is 12.3 Å². The van der Waals surface area contributed by atoms with Crippen molar-refractivity contribution in [2.75, 3.05) is 6.61 Å². The van der Waals surface area contributed by atoms with E-state index in [0.29, 0.717) is 19.3 Å². The van der Waals surface area contributed by atoms with Crippen molar-refractivity contribution in [3.63, 3.8) is 0 Å². The summed E-state index contributed by atoms with van der Waals surface area (Å²) in [4.78, 5) is 23.2. The summed E-state index contributed by atoms with van der Waals surface area (Å²) in [6, 6.07) is -1.02. The zero-order valence-electron chi connectivity index (χ0n) is 29.8. The minimum atomic E-state index is -5.03. The molecule has 48 heavy (non-hydrogen) atoms. The van der Waals surface area contributed by atoms with Crippen molar-refractivity contribution in [1.29, 1.82) is 0 Å². The average molecular weight is 712 g/mol. The van der Waals surface area contributed by atoms with Crippen molar-refractivity contribution in [2.45, 2.75) is 210 Å². The molecule has 0 aromatic rings. The molecule has 286 valence electrons. The number of hydrogen-bond acceptors (Lipinski definition) is 10. The summed E-state index contributed by atoms with van der Waals surface area (Å²) in [7, 11) is -5.03. The van der Waals surface area contributed by atoms with Gasteiger partial charge in [0.1, 0.15) is 36.6 Å². The molecule has 1 fully saturated rings. The quantitative estimate of drug-likeness (QED) is 0.0361. The average Bonchev–Trinajstić information content (AvgIpc) is 3.06. The van der Waals surface area contributed by atoms with E-state index in [1.165, 1.54) is 83.5 Å². The predicted octanol–water partition coefficient (Wildman–Crippen LogP) is 5.16. The van der Waals surface area contributed by atoms with Gasteiger partial charge in [0.2, 0.25) is 5.91 Å². The minimum absolute atomic E-state index is 0.241. The molecule has 0 aliphatic heterocycles. The van der Waals surface area contributed by atoms with Gasteiger partial charge in [0, 0.05) is 6.42 Å². The molecule has 0 radical (unpaired) electrons. The molecule has 1 aliphatic carbocycles. The van der Waals surface area contributed by atoms with Crippen LogP contribution in [0.25, 0.3) is 0 Å². The predicted molar refractivity (Wildman–Crippen MR) is 186 cm³/mol. The van der Waals surface area contributed by atoms with E-state index in [9.17, 15) is 44.9 Å². The molecule has 1 rings (SSSR count). The first kappa shape index (κ1) is 45.4. The molecule has 1 saturated carbocycles. The number of nitrogens with one attached hydrogen (secondary N) is 1. The van der Waals surface area contributed by atoms with Crippen molar-refractivity contribution in [1.82, 2.24) is 5.32 Å². The highest BCUT2D eigenvalue weighted by molar-refractivity contribution is 7.47. The number of phosphoric acid groups is 1. The van der Waals surface area contributed by atoms with Crippen LogP contribution in [0.4, 0.5) is 0 Å². The Morgan fingerprint density at radius 2 is 1.00 bits per heavy atom. The highest BCUT2D eigenvalue weighted by atomic mass is 31.2. The maximum atomic E-state index is 12.8. The number of phosphoric ester groups is 1. The van der Waals surface area contributed by atoms with Crippen LogP contribution >= 0.6 is 7.82 Å². The molecule has 0 saturated heterocycles. The summed E-state index contributed by atoms with van der Waals surface area (Å²) >= 11 is 0. The second-order valence-electron chi connectivity index (χ2n) is 13.8. The molecule has 0 heterocycles. The molecule has 0 bridgehead atoms. The van der Waals surface area contributed by atoms with Crippen LogP contribution in [0.5, 0.6) is 0 Å². The van der Waals surface area contributed by atoms with Gasteiger partial charge in [0.15, 0.2) is 0 Å². The summed E-state index contributed by atoms with van der Waals surface area (Å²) in [5.74, 6) is -0.311. The molecular formula is C35H70NO11P. The van der Waals surface area contributed by atoms with Crippen LogP contribution in [-0.2, 0) is 18.4 Å². The first-order chi connectivity index (χ1) is 22.9. The van der Waals surface area contributed by atoms with E-state index in [4.69, 9.17) is 9.05 Å². The normalized spacial score (nSPS) is 25.4. The van der Waals surface area contributed by atoms with Crippen molar-refractivity contribution in [3.05, 3.63) is 0 Å². The molecule has 9 atom stereocenters. The lowest BCUT2D eigenvalue weighted by atomic mass is 9.85. The Morgan fingerprint density at radius 1 is 0.625 bits per heavy atom. The number of carbonyl (C=O) groups is 1. The zero-order valence-corrected chi connectivity index (χ0v) is 30.7. The number of rotatable bonds is 30. The number of aliphatic hydroxyl groups excluding tert-OH is 6. The van der Waals surface area contributed by atoms with Crippen LogP contribution in [0.2, 0.25) is 0 Å². The fraction of sp³-hybridized carbons (Fsp3) is 0.971. The molecule has 1 amide bonds. The lowest BCUT2D eigenvalue weighted by Gasteiger charge is -2.41. The first-order valence-corrected chi connectivity index (χ1v) is 20.5. The standard InChI is InChI=1S/C35H70NO11P/c1-3-5-7-9-11-13-14-15-17-19-21-23-25-29(38)36-27(28(37)24-22-20-18-16-12-10-8-6-4-2)26-46-48(44,45)47-35-33(42)31(40)30(39)32(41)34(35)43/h27-28,30-35,37,39-43H,3-26H2,1-2H3,(H,36,38)(H,44,45)/t27-,28+,30?,31+,32?,33?,34?,35?/m0/s1. The maximum absolute atomic E-state index is 12.8. The van der Waals surface area contributed by atoms with Crippen LogP contribution in [0.1, 0.15) is 162 Å². The van der Waals surface area contributed by atoms with Gasteiger partial charge in [-0.15, -0.1) is 0 Å². The molecule has 1 aliphatic rings. The van der Waals surface area contributed by atoms with Crippen molar-refractivity contribution < 1.29 is 53.9 Å². The summed E-state index contributed by atoms with van der Waals surface area (Å²) < 4.78 is 22.8. The van der Waals surface area contributed by atoms with E-state index in [0.717, 1.165) is 38.5 Å². The van der Waals surface area contributed by atoms with Crippen LogP contribution in [0.3, 0.4) is 0 Å². The van der Waals surface area contributed by atoms with Gasteiger partial charge in [-0.1, -0.05) is 142 Å². The summed E-state index contributed by atoms with van der Waals surface area (Å²) in [5, 5.41) is 63.6. The molecule has 8 N–H and O–H groups in total.